The van der Waals surface area contributed by atoms with Crippen molar-refractivity contribution in [3.05, 3.63) is 0 Å². The molecular formula is C14H23N3O4. The summed E-state index contributed by atoms with van der Waals surface area (Å²) in [5.74, 6) is -1.19. The van der Waals surface area contributed by atoms with Crippen LogP contribution in [-0.4, -0.2) is 64.0 Å². The predicted octanol–water partition coefficient (Wildman–Crippen LogP) is 0.502. The molecule has 0 aromatic carbocycles. The van der Waals surface area contributed by atoms with Crippen LogP contribution < -0.4 is 5.32 Å². The Morgan fingerprint density at radius 1 is 1.43 bits per heavy atom. The third-order valence-electron chi connectivity index (χ3n) is 4.18. The molecule has 21 heavy (non-hydrogen) atoms. The van der Waals surface area contributed by atoms with E-state index in [1.165, 1.54) is 4.90 Å². The van der Waals surface area contributed by atoms with Gasteiger partial charge >= 0.3 is 12.0 Å². The summed E-state index contributed by atoms with van der Waals surface area (Å²) < 4.78 is 0. The van der Waals surface area contributed by atoms with Crippen LogP contribution >= 0.6 is 0 Å². The summed E-state index contributed by atoms with van der Waals surface area (Å²) in [6.45, 7) is 6.13. The number of carboxylic acids is 1. The van der Waals surface area contributed by atoms with Crippen LogP contribution in [-0.2, 0) is 9.59 Å². The molecule has 2 saturated heterocycles. The van der Waals surface area contributed by atoms with Gasteiger partial charge in [0, 0.05) is 18.6 Å². The second-order valence-electron chi connectivity index (χ2n) is 6.69. The summed E-state index contributed by atoms with van der Waals surface area (Å²) in [4.78, 5) is 38.6. The average Bonchev–Trinajstić information content (AvgIpc) is 2.76. The zero-order valence-corrected chi connectivity index (χ0v) is 12.8. The Morgan fingerprint density at radius 3 is 2.67 bits per heavy atom. The van der Waals surface area contributed by atoms with Crippen LogP contribution in [0.1, 0.15) is 33.6 Å². The van der Waals surface area contributed by atoms with E-state index in [0.717, 1.165) is 12.8 Å². The van der Waals surface area contributed by atoms with E-state index in [2.05, 4.69) is 5.32 Å². The highest BCUT2D eigenvalue weighted by Crippen LogP contribution is 2.29. The molecule has 0 aromatic rings. The number of carbonyl (C=O) groups excluding carboxylic acids is 2. The third-order valence-corrected chi connectivity index (χ3v) is 4.18. The highest BCUT2D eigenvalue weighted by Gasteiger charge is 2.45. The van der Waals surface area contributed by atoms with Crippen LogP contribution in [0.3, 0.4) is 0 Å². The van der Waals surface area contributed by atoms with Gasteiger partial charge in [-0.1, -0.05) is 0 Å². The molecule has 2 rings (SSSR count). The molecule has 0 bridgehead atoms. The normalized spacial score (nSPS) is 25.3. The number of hydrogen-bond donors (Lipinski definition) is 2. The molecule has 7 heteroatoms. The predicted molar refractivity (Wildman–Crippen MR) is 75.7 cm³/mol. The lowest BCUT2D eigenvalue weighted by atomic mass is 9.91. The lowest BCUT2D eigenvalue weighted by molar-refractivity contribution is -0.139. The van der Waals surface area contributed by atoms with E-state index in [-0.39, 0.29) is 30.4 Å². The highest BCUT2D eigenvalue weighted by atomic mass is 16.4. The van der Waals surface area contributed by atoms with Gasteiger partial charge in [-0.25, -0.2) is 4.79 Å². The molecule has 2 fully saturated rings. The number of hydrogen-bond acceptors (Lipinski definition) is 3. The van der Waals surface area contributed by atoms with E-state index in [1.807, 2.05) is 20.8 Å². The Bertz CT molecular complexity index is 458. The summed E-state index contributed by atoms with van der Waals surface area (Å²) in [5, 5.41) is 11.8. The fraction of sp³-hybridized carbons (Fsp3) is 0.786. The van der Waals surface area contributed by atoms with Gasteiger partial charge in [-0.05, 0) is 33.6 Å². The number of amides is 3. The average molecular weight is 297 g/mol. The molecule has 0 aromatic heterocycles. The van der Waals surface area contributed by atoms with Crippen LogP contribution in [0.2, 0.25) is 0 Å². The minimum atomic E-state index is -1.03. The smallest absolute Gasteiger partial charge is 0.323 e. The van der Waals surface area contributed by atoms with Crippen molar-refractivity contribution >= 4 is 17.9 Å². The first-order valence-electron chi connectivity index (χ1n) is 7.29. The Balaban J connectivity index is 2.20. The van der Waals surface area contributed by atoms with E-state index < -0.39 is 11.5 Å². The summed E-state index contributed by atoms with van der Waals surface area (Å²) >= 11 is 0. The van der Waals surface area contributed by atoms with Gasteiger partial charge in [-0.15, -0.1) is 0 Å². The third kappa shape index (κ3) is 3.11. The Morgan fingerprint density at radius 2 is 2.10 bits per heavy atom. The first-order valence-corrected chi connectivity index (χ1v) is 7.29. The SMILES string of the molecule is CC(C)(C)N(CC(=O)O)C(=O)N1CCCC2C(=O)NCC21. The number of piperidine rings is 1. The molecule has 2 heterocycles. The molecule has 2 aliphatic heterocycles. The molecule has 2 atom stereocenters. The number of urea groups is 1. The Labute approximate surface area is 124 Å². The van der Waals surface area contributed by atoms with Gasteiger partial charge in [-0.2, -0.15) is 0 Å². The number of nitrogens with zero attached hydrogens (tertiary/aromatic N) is 2. The van der Waals surface area contributed by atoms with Crippen molar-refractivity contribution in [1.29, 1.82) is 0 Å². The summed E-state index contributed by atoms with van der Waals surface area (Å²) in [6, 6.07) is -0.450. The quantitative estimate of drug-likeness (QED) is 0.776. The number of carboxylic acid groups (broad SMARTS) is 1. The molecule has 2 unspecified atom stereocenters. The van der Waals surface area contributed by atoms with E-state index in [4.69, 9.17) is 5.11 Å². The second-order valence-corrected chi connectivity index (χ2v) is 6.69. The number of nitrogens with one attached hydrogen (secondary N) is 1. The Hall–Kier alpha value is -1.79. The van der Waals surface area contributed by atoms with E-state index in [9.17, 15) is 14.4 Å². The minimum absolute atomic E-state index is 0.00181. The summed E-state index contributed by atoms with van der Waals surface area (Å²) in [5.41, 5.74) is -0.585. The van der Waals surface area contributed by atoms with Gasteiger partial charge in [0.2, 0.25) is 5.91 Å². The standard InChI is InChI=1S/C14H23N3O4/c1-14(2,3)17(8-11(18)19)13(21)16-6-4-5-9-10(16)7-15-12(9)20/h9-10H,4-8H2,1-3H3,(H,15,20)(H,18,19). The van der Waals surface area contributed by atoms with Crippen LogP contribution in [0.25, 0.3) is 0 Å². The monoisotopic (exact) mass is 297 g/mol. The molecule has 0 aliphatic carbocycles. The van der Waals surface area contributed by atoms with Crippen molar-refractivity contribution in [3.63, 3.8) is 0 Å². The van der Waals surface area contributed by atoms with E-state index >= 15 is 0 Å². The number of fused-ring (bicyclic) bond motifs is 1. The lowest BCUT2D eigenvalue weighted by Crippen LogP contribution is -2.58. The van der Waals surface area contributed by atoms with Gasteiger partial charge in [0.15, 0.2) is 0 Å². The van der Waals surface area contributed by atoms with Gasteiger partial charge in [0.05, 0.1) is 12.0 Å². The topological polar surface area (TPSA) is 90.0 Å². The second kappa shape index (κ2) is 5.54. The molecule has 2 N–H and O–H groups in total. The minimum Gasteiger partial charge on any atom is -0.480 e. The largest absolute Gasteiger partial charge is 0.480 e. The van der Waals surface area contributed by atoms with Gasteiger partial charge in [0.25, 0.3) is 0 Å². The maximum absolute atomic E-state index is 12.8. The highest BCUT2D eigenvalue weighted by molar-refractivity contribution is 5.85. The van der Waals surface area contributed by atoms with Crippen molar-refractivity contribution in [2.75, 3.05) is 19.6 Å². The first kappa shape index (κ1) is 15.6. The zero-order valence-electron chi connectivity index (χ0n) is 12.8. The summed E-state index contributed by atoms with van der Waals surface area (Å²) in [6.07, 6.45) is 1.56. The fourth-order valence-electron chi connectivity index (χ4n) is 3.07. The maximum Gasteiger partial charge on any atom is 0.323 e. The van der Waals surface area contributed by atoms with Crippen LogP contribution in [0.4, 0.5) is 4.79 Å². The maximum atomic E-state index is 12.8. The summed E-state index contributed by atoms with van der Waals surface area (Å²) in [7, 11) is 0. The van der Waals surface area contributed by atoms with Crippen LogP contribution in [0.5, 0.6) is 0 Å². The number of rotatable bonds is 2. The molecule has 0 radical (unpaired) electrons. The van der Waals surface area contributed by atoms with Gasteiger partial charge in [0.1, 0.15) is 6.54 Å². The molecule has 0 spiro atoms. The first-order chi connectivity index (χ1) is 9.71. The van der Waals surface area contributed by atoms with Crippen molar-refractivity contribution in [1.82, 2.24) is 15.1 Å². The molecule has 2 aliphatic rings. The van der Waals surface area contributed by atoms with Crippen molar-refractivity contribution in [3.8, 4) is 0 Å². The molecule has 3 amide bonds. The van der Waals surface area contributed by atoms with Crippen molar-refractivity contribution in [2.24, 2.45) is 5.92 Å². The fourth-order valence-corrected chi connectivity index (χ4v) is 3.07. The van der Waals surface area contributed by atoms with Crippen LogP contribution in [0, 0.1) is 5.92 Å². The van der Waals surface area contributed by atoms with Gasteiger partial charge in [-0.3, -0.25) is 9.59 Å². The van der Waals surface area contributed by atoms with Gasteiger partial charge < -0.3 is 20.2 Å². The number of likely N-dealkylation sites (tertiary alicyclic amines) is 1. The van der Waals surface area contributed by atoms with E-state index in [1.54, 1.807) is 4.90 Å². The Kier molecular flexibility index (Phi) is 4.11. The number of aliphatic carboxylic acids is 1. The molecule has 7 nitrogen and oxygen atoms in total. The molecule has 118 valence electrons. The number of carbonyl (C=O) groups is 3. The van der Waals surface area contributed by atoms with Crippen LogP contribution in [0.15, 0.2) is 0 Å². The van der Waals surface area contributed by atoms with E-state index in [0.29, 0.717) is 13.1 Å². The molecule has 0 saturated carbocycles. The van der Waals surface area contributed by atoms with Crippen molar-refractivity contribution in [2.45, 2.75) is 45.2 Å². The lowest BCUT2D eigenvalue weighted by Gasteiger charge is -2.43. The molecular weight excluding hydrogens is 274 g/mol. The van der Waals surface area contributed by atoms with Crippen molar-refractivity contribution < 1.29 is 19.5 Å². The zero-order chi connectivity index (χ0) is 15.8.